The second-order valence-electron chi connectivity index (χ2n) is 7.39. The molecule has 4 nitrogen and oxygen atoms in total. The van der Waals surface area contributed by atoms with Gasteiger partial charge in [-0.2, -0.15) is 10.2 Å². The van der Waals surface area contributed by atoms with Gasteiger partial charge in [0.05, 0.1) is 22.8 Å². The zero-order valence-corrected chi connectivity index (χ0v) is 17.0. The summed E-state index contributed by atoms with van der Waals surface area (Å²) in [5, 5.41) is 9.51. The maximum atomic E-state index is 4.75. The topological polar surface area (TPSA) is 35.6 Å². The van der Waals surface area contributed by atoms with Crippen LogP contribution < -0.4 is 0 Å². The van der Waals surface area contributed by atoms with Gasteiger partial charge in [-0.05, 0) is 29.3 Å². The third kappa shape index (κ3) is 3.33. The van der Waals surface area contributed by atoms with Crippen molar-refractivity contribution in [3.63, 3.8) is 0 Å². The van der Waals surface area contributed by atoms with E-state index >= 15 is 0 Å². The van der Waals surface area contributed by atoms with Gasteiger partial charge < -0.3 is 0 Å². The number of rotatable bonds is 4. The first-order chi connectivity index (χ1) is 14.7. The number of nitrogens with zero attached hydrogens (tertiary/aromatic N) is 4. The van der Waals surface area contributed by atoms with Crippen LogP contribution in [0.3, 0.4) is 0 Å². The molecular weight excluding hydrogens is 368 g/mol. The van der Waals surface area contributed by atoms with E-state index in [1.165, 1.54) is 0 Å². The van der Waals surface area contributed by atoms with Gasteiger partial charge in [-0.25, -0.2) is 0 Å². The second kappa shape index (κ2) is 7.48. The van der Waals surface area contributed by atoms with Crippen LogP contribution >= 0.6 is 0 Å². The summed E-state index contributed by atoms with van der Waals surface area (Å²) in [6.07, 6.45) is 0. The predicted octanol–water partition coefficient (Wildman–Crippen LogP) is 5.82. The lowest BCUT2D eigenvalue weighted by Gasteiger charge is -2.00. The zero-order valence-electron chi connectivity index (χ0n) is 17.0. The molecule has 0 saturated carbocycles. The maximum absolute atomic E-state index is 4.75. The molecule has 5 aromatic rings. The van der Waals surface area contributed by atoms with E-state index in [9.17, 15) is 0 Å². The molecule has 0 bridgehead atoms. The molecule has 0 fully saturated rings. The van der Waals surface area contributed by atoms with Crippen molar-refractivity contribution in [2.24, 2.45) is 14.1 Å². The largest absolute Gasteiger partial charge is 0.267 e. The molecule has 5 rings (SSSR count). The minimum atomic E-state index is 0.956. The fourth-order valence-corrected chi connectivity index (χ4v) is 3.81. The van der Waals surface area contributed by atoms with Gasteiger partial charge in [0.1, 0.15) is 0 Å². The zero-order chi connectivity index (χ0) is 20.5. The fourth-order valence-electron chi connectivity index (χ4n) is 3.81. The minimum absolute atomic E-state index is 0.956. The third-order valence-electron chi connectivity index (χ3n) is 5.35. The van der Waals surface area contributed by atoms with E-state index in [4.69, 9.17) is 10.2 Å². The Morgan fingerprint density at radius 3 is 1.30 bits per heavy atom. The molecule has 3 aromatic carbocycles. The van der Waals surface area contributed by atoms with Gasteiger partial charge in [0, 0.05) is 25.2 Å². The highest BCUT2D eigenvalue weighted by molar-refractivity contribution is 5.75. The summed E-state index contributed by atoms with van der Waals surface area (Å²) in [5.41, 5.74) is 8.59. The van der Waals surface area contributed by atoms with Crippen molar-refractivity contribution in [1.82, 2.24) is 19.6 Å². The Morgan fingerprint density at radius 1 is 0.467 bits per heavy atom. The highest BCUT2D eigenvalue weighted by Crippen LogP contribution is 2.30. The highest BCUT2D eigenvalue weighted by Gasteiger charge is 2.12. The molecule has 2 aromatic heterocycles. The molecule has 0 saturated heterocycles. The monoisotopic (exact) mass is 390 g/mol. The normalized spacial score (nSPS) is 11.0. The average Bonchev–Trinajstić information content (AvgIpc) is 3.38. The van der Waals surface area contributed by atoms with Crippen molar-refractivity contribution in [3.8, 4) is 45.0 Å². The van der Waals surface area contributed by atoms with E-state index in [0.717, 1.165) is 45.0 Å². The molecule has 146 valence electrons. The van der Waals surface area contributed by atoms with Crippen LogP contribution in [0.15, 0.2) is 97.1 Å². The number of aryl methyl sites for hydroxylation is 2. The molecule has 0 aliphatic rings. The molecule has 0 unspecified atom stereocenters. The van der Waals surface area contributed by atoms with E-state index in [1.807, 2.05) is 59.9 Å². The Balaban J connectivity index is 1.52. The van der Waals surface area contributed by atoms with Crippen LogP contribution in [0.4, 0.5) is 0 Å². The highest BCUT2D eigenvalue weighted by atomic mass is 15.3. The first-order valence-electron chi connectivity index (χ1n) is 9.99. The van der Waals surface area contributed by atoms with Crippen LogP contribution in [0.2, 0.25) is 0 Å². The van der Waals surface area contributed by atoms with E-state index in [1.54, 1.807) is 0 Å². The molecular formula is C26H22N4. The van der Waals surface area contributed by atoms with Crippen molar-refractivity contribution in [3.05, 3.63) is 97.1 Å². The predicted molar refractivity (Wildman–Crippen MR) is 122 cm³/mol. The van der Waals surface area contributed by atoms with Gasteiger partial charge in [-0.1, -0.05) is 78.9 Å². The lowest BCUT2D eigenvalue weighted by Crippen LogP contribution is -1.94. The van der Waals surface area contributed by atoms with Crippen molar-refractivity contribution < 1.29 is 0 Å². The van der Waals surface area contributed by atoms with Crippen molar-refractivity contribution in [1.29, 1.82) is 0 Å². The molecule has 2 heterocycles. The quantitative estimate of drug-likeness (QED) is 0.387. The van der Waals surface area contributed by atoms with Gasteiger partial charge in [-0.3, -0.25) is 9.36 Å². The molecule has 0 aliphatic heterocycles. The Hall–Kier alpha value is -3.92. The van der Waals surface area contributed by atoms with E-state index in [0.29, 0.717) is 0 Å². The minimum Gasteiger partial charge on any atom is -0.267 e. The third-order valence-corrected chi connectivity index (χ3v) is 5.35. The summed E-state index contributed by atoms with van der Waals surface area (Å²) >= 11 is 0. The van der Waals surface area contributed by atoms with Crippen LogP contribution in [-0.2, 0) is 14.1 Å². The van der Waals surface area contributed by atoms with Crippen molar-refractivity contribution in [2.45, 2.75) is 0 Å². The van der Waals surface area contributed by atoms with Gasteiger partial charge in [0.2, 0.25) is 0 Å². The SMILES string of the molecule is Cn1nc(-c2cccc(-c3cc(-c4ccccc4)n(C)n3)c2)cc1-c1ccccc1. The Kier molecular flexibility index (Phi) is 4.52. The lowest BCUT2D eigenvalue weighted by atomic mass is 10.0. The molecule has 0 aliphatic carbocycles. The second-order valence-corrected chi connectivity index (χ2v) is 7.39. The maximum Gasteiger partial charge on any atom is 0.0929 e. The summed E-state index contributed by atoms with van der Waals surface area (Å²) < 4.78 is 3.87. The summed E-state index contributed by atoms with van der Waals surface area (Å²) in [6.45, 7) is 0. The van der Waals surface area contributed by atoms with Gasteiger partial charge >= 0.3 is 0 Å². The van der Waals surface area contributed by atoms with Crippen LogP contribution in [0, 0.1) is 0 Å². The molecule has 0 N–H and O–H groups in total. The van der Waals surface area contributed by atoms with E-state index in [2.05, 4.69) is 60.7 Å². The van der Waals surface area contributed by atoms with E-state index in [-0.39, 0.29) is 0 Å². The standard InChI is InChI=1S/C26H22N4/c1-29-25(19-10-5-3-6-11-19)17-23(27-29)21-14-9-15-22(16-21)24-18-26(30(2)28-24)20-12-7-4-8-13-20/h3-18H,1-2H3. The van der Waals surface area contributed by atoms with Crippen LogP contribution in [-0.4, -0.2) is 19.6 Å². The number of benzene rings is 3. The van der Waals surface area contributed by atoms with Crippen LogP contribution in [0.5, 0.6) is 0 Å². The average molecular weight is 390 g/mol. The molecule has 0 atom stereocenters. The van der Waals surface area contributed by atoms with Gasteiger partial charge in [-0.15, -0.1) is 0 Å². The summed E-state index contributed by atoms with van der Waals surface area (Å²) in [6, 6.07) is 33.4. The molecule has 4 heteroatoms. The molecule has 0 radical (unpaired) electrons. The molecule has 30 heavy (non-hydrogen) atoms. The van der Waals surface area contributed by atoms with Crippen LogP contribution in [0.25, 0.3) is 45.0 Å². The van der Waals surface area contributed by atoms with Gasteiger partial charge in [0.25, 0.3) is 0 Å². The number of aromatic nitrogens is 4. The van der Waals surface area contributed by atoms with Crippen molar-refractivity contribution in [2.75, 3.05) is 0 Å². The first-order valence-corrected chi connectivity index (χ1v) is 9.99. The van der Waals surface area contributed by atoms with Gasteiger partial charge in [0.15, 0.2) is 0 Å². The molecule has 0 spiro atoms. The van der Waals surface area contributed by atoms with Crippen LogP contribution in [0.1, 0.15) is 0 Å². The van der Waals surface area contributed by atoms with E-state index < -0.39 is 0 Å². The Labute approximate surface area is 176 Å². The number of hydrogen-bond acceptors (Lipinski definition) is 2. The number of hydrogen-bond donors (Lipinski definition) is 0. The van der Waals surface area contributed by atoms with Crippen molar-refractivity contribution >= 4 is 0 Å². The lowest BCUT2D eigenvalue weighted by molar-refractivity contribution is 0.778. The smallest absolute Gasteiger partial charge is 0.0929 e. The summed E-state index contributed by atoms with van der Waals surface area (Å²) in [5.74, 6) is 0. The Morgan fingerprint density at radius 2 is 0.867 bits per heavy atom. The summed E-state index contributed by atoms with van der Waals surface area (Å²) in [7, 11) is 3.97. The Bertz CT molecular complexity index is 1200. The first kappa shape index (κ1) is 18.1. The summed E-state index contributed by atoms with van der Waals surface area (Å²) in [4.78, 5) is 0. The molecule has 0 amide bonds. The fraction of sp³-hybridized carbons (Fsp3) is 0.0769.